The summed E-state index contributed by atoms with van der Waals surface area (Å²) in [4.78, 5) is 30.7. The second-order valence-corrected chi connectivity index (χ2v) is 8.80. The van der Waals surface area contributed by atoms with Crippen LogP contribution in [0.2, 0.25) is 0 Å². The molecule has 0 aliphatic carbocycles. The van der Waals surface area contributed by atoms with Gasteiger partial charge in [0.2, 0.25) is 0 Å². The van der Waals surface area contributed by atoms with Gasteiger partial charge < -0.3 is 9.47 Å². The van der Waals surface area contributed by atoms with Crippen LogP contribution in [0.15, 0.2) is 73.1 Å². The van der Waals surface area contributed by atoms with Gasteiger partial charge in [-0.2, -0.15) is 0 Å². The average Bonchev–Trinajstić information content (AvgIpc) is 3.31. The molecule has 7 nitrogen and oxygen atoms in total. The van der Waals surface area contributed by atoms with Crippen LogP contribution >= 0.6 is 0 Å². The number of halogens is 1. The highest BCUT2D eigenvalue weighted by Crippen LogP contribution is 2.33. The Morgan fingerprint density at radius 3 is 2.51 bits per heavy atom. The second kappa shape index (κ2) is 9.68. The van der Waals surface area contributed by atoms with Gasteiger partial charge in [-0.3, -0.25) is 14.8 Å². The summed E-state index contributed by atoms with van der Waals surface area (Å²) in [5, 5.41) is 9.87. The molecule has 35 heavy (non-hydrogen) atoms. The molecule has 3 heterocycles. The maximum atomic E-state index is 13.5. The van der Waals surface area contributed by atoms with Gasteiger partial charge in [0.25, 0.3) is 11.8 Å². The molecular weight excluding hydrogens is 447 g/mol. The predicted octanol–water partition coefficient (Wildman–Crippen LogP) is 4.36. The zero-order chi connectivity index (χ0) is 24.4. The van der Waals surface area contributed by atoms with Crippen LogP contribution in [-0.2, 0) is 6.54 Å². The summed E-state index contributed by atoms with van der Waals surface area (Å²) in [6.07, 6.45) is 5.50. The van der Waals surface area contributed by atoms with Gasteiger partial charge in [-0.1, -0.05) is 18.2 Å². The van der Waals surface area contributed by atoms with E-state index in [1.54, 1.807) is 34.6 Å². The number of benzene rings is 2. The number of rotatable bonds is 5. The molecule has 0 spiro atoms. The molecule has 1 aliphatic rings. The molecule has 1 aliphatic heterocycles. The lowest BCUT2D eigenvalue weighted by atomic mass is 9.88. The zero-order valence-corrected chi connectivity index (χ0v) is 19.0. The minimum atomic E-state index is -0.544. The minimum Gasteiger partial charge on any atom is -0.339 e. The molecule has 0 radical (unpaired) electrons. The molecule has 4 aromatic rings. The Balaban J connectivity index is 1.30. The lowest BCUT2D eigenvalue weighted by molar-refractivity contribution is 0.0703. The van der Waals surface area contributed by atoms with Gasteiger partial charge in [-0.15, -0.1) is 0 Å². The smallest absolute Gasteiger partial charge is 0.274 e. The van der Waals surface area contributed by atoms with Crippen molar-refractivity contribution < 1.29 is 19.2 Å². The number of aromatic nitrogens is 2. The van der Waals surface area contributed by atoms with Gasteiger partial charge in [0.05, 0.1) is 0 Å². The zero-order valence-electron chi connectivity index (χ0n) is 19.0. The number of fused-ring (bicyclic) bond motifs is 1. The number of nitrogens with zero attached hydrogens (tertiary/aromatic N) is 3. The normalized spacial score (nSPS) is 14.3. The molecule has 2 amide bonds. The van der Waals surface area contributed by atoms with Crippen LogP contribution in [-0.4, -0.2) is 44.6 Å². The van der Waals surface area contributed by atoms with Crippen LogP contribution in [0.25, 0.3) is 11.0 Å². The second-order valence-electron chi connectivity index (χ2n) is 8.80. The molecule has 1 saturated heterocycles. The molecule has 2 aromatic heterocycles. The highest BCUT2D eigenvalue weighted by molar-refractivity contribution is 5.94. The van der Waals surface area contributed by atoms with Crippen molar-refractivity contribution in [2.24, 2.45) is 0 Å². The van der Waals surface area contributed by atoms with Crippen molar-refractivity contribution in [1.29, 1.82) is 0 Å². The average molecular weight is 473 g/mol. The van der Waals surface area contributed by atoms with Crippen LogP contribution < -0.4 is 5.48 Å². The van der Waals surface area contributed by atoms with E-state index < -0.39 is 11.7 Å². The highest BCUT2D eigenvalue weighted by Gasteiger charge is 2.26. The van der Waals surface area contributed by atoms with E-state index in [1.165, 1.54) is 17.7 Å². The topological polar surface area (TPSA) is 87.5 Å². The summed E-state index contributed by atoms with van der Waals surface area (Å²) in [5.74, 6) is -0.764. The number of hydrogen-bond acceptors (Lipinski definition) is 4. The fourth-order valence-corrected chi connectivity index (χ4v) is 4.82. The van der Waals surface area contributed by atoms with Gasteiger partial charge >= 0.3 is 0 Å². The van der Waals surface area contributed by atoms with E-state index in [0.29, 0.717) is 36.7 Å². The van der Waals surface area contributed by atoms with Crippen molar-refractivity contribution >= 4 is 22.8 Å². The SMILES string of the molecule is O=C(NO)c1ccc(Cn2ccc3c(C4CCN(C(=O)c5cccc(F)c5)CC4)ccnc32)cc1. The molecule has 0 unspecified atom stereocenters. The lowest BCUT2D eigenvalue weighted by Crippen LogP contribution is -2.38. The van der Waals surface area contributed by atoms with Crippen LogP contribution in [0.1, 0.15) is 50.6 Å². The number of nitrogens with one attached hydrogen (secondary N) is 1. The summed E-state index contributed by atoms with van der Waals surface area (Å²) in [5.41, 5.74) is 5.53. The number of amides is 2. The summed E-state index contributed by atoms with van der Waals surface area (Å²) >= 11 is 0. The number of hydroxylamine groups is 1. The van der Waals surface area contributed by atoms with Gasteiger partial charge in [-0.05, 0) is 72.4 Å². The molecule has 178 valence electrons. The van der Waals surface area contributed by atoms with E-state index >= 15 is 0 Å². The fraction of sp³-hybridized carbons (Fsp3) is 0.222. The van der Waals surface area contributed by atoms with Crippen LogP contribution in [0.3, 0.4) is 0 Å². The van der Waals surface area contributed by atoms with Gasteiger partial charge in [0.15, 0.2) is 0 Å². The van der Waals surface area contributed by atoms with Crippen molar-refractivity contribution in [2.45, 2.75) is 25.3 Å². The third kappa shape index (κ3) is 4.65. The molecule has 1 fully saturated rings. The van der Waals surface area contributed by atoms with E-state index in [1.807, 2.05) is 24.5 Å². The molecule has 2 N–H and O–H groups in total. The van der Waals surface area contributed by atoms with E-state index in [2.05, 4.69) is 21.7 Å². The Hall–Kier alpha value is -4.04. The number of hydrogen-bond donors (Lipinski definition) is 2. The number of piperidine rings is 1. The molecule has 0 bridgehead atoms. The molecule has 0 atom stereocenters. The summed E-state index contributed by atoms with van der Waals surface area (Å²) in [6.45, 7) is 1.85. The van der Waals surface area contributed by atoms with Crippen molar-refractivity contribution in [2.75, 3.05) is 13.1 Å². The van der Waals surface area contributed by atoms with Gasteiger partial charge in [0.1, 0.15) is 11.5 Å². The van der Waals surface area contributed by atoms with E-state index in [4.69, 9.17) is 5.21 Å². The Kier molecular flexibility index (Phi) is 6.29. The molecular formula is C27H25FN4O3. The Bertz CT molecular complexity index is 1370. The first kappa shape index (κ1) is 22.7. The first-order valence-electron chi connectivity index (χ1n) is 11.6. The van der Waals surface area contributed by atoms with E-state index in [0.717, 1.165) is 29.4 Å². The minimum absolute atomic E-state index is 0.128. The summed E-state index contributed by atoms with van der Waals surface area (Å²) in [7, 11) is 0. The standard InChI is InChI=1S/C27H25FN4O3/c28-22-3-1-2-21(16-22)27(34)31-13-9-19(10-14-31)23-8-12-29-25-24(23)11-15-32(25)17-18-4-6-20(7-5-18)26(33)30-35/h1-8,11-12,15-16,19,35H,9-10,13-14,17H2,(H,30,33). The predicted molar refractivity (Wildman–Crippen MR) is 129 cm³/mol. The summed E-state index contributed by atoms with van der Waals surface area (Å²) in [6, 6.07) is 17.0. The van der Waals surface area contributed by atoms with Crippen LogP contribution in [0.4, 0.5) is 4.39 Å². The fourth-order valence-electron chi connectivity index (χ4n) is 4.82. The molecule has 0 saturated carbocycles. The number of pyridine rings is 1. The quantitative estimate of drug-likeness (QED) is 0.334. The van der Waals surface area contributed by atoms with Gasteiger partial charge in [0, 0.05) is 48.5 Å². The Morgan fingerprint density at radius 1 is 1.03 bits per heavy atom. The van der Waals surface area contributed by atoms with Crippen molar-refractivity contribution in [3.63, 3.8) is 0 Å². The third-order valence-electron chi connectivity index (χ3n) is 6.66. The maximum Gasteiger partial charge on any atom is 0.274 e. The Morgan fingerprint density at radius 2 is 1.80 bits per heavy atom. The first-order valence-corrected chi connectivity index (χ1v) is 11.6. The number of likely N-dealkylation sites (tertiary alicyclic amines) is 1. The van der Waals surface area contributed by atoms with Crippen LogP contribution in [0, 0.1) is 5.82 Å². The van der Waals surface area contributed by atoms with Crippen molar-refractivity contribution in [3.05, 3.63) is 101 Å². The molecule has 8 heteroatoms. The Labute approximate surface area is 201 Å². The van der Waals surface area contributed by atoms with E-state index in [-0.39, 0.29) is 5.91 Å². The summed E-state index contributed by atoms with van der Waals surface area (Å²) < 4.78 is 15.6. The highest BCUT2D eigenvalue weighted by atomic mass is 19.1. The third-order valence-corrected chi connectivity index (χ3v) is 6.66. The number of carbonyl (C=O) groups excluding carboxylic acids is 2. The number of carbonyl (C=O) groups is 2. The lowest BCUT2D eigenvalue weighted by Gasteiger charge is -2.32. The van der Waals surface area contributed by atoms with Crippen molar-refractivity contribution in [3.8, 4) is 0 Å². The monoisotopic (exact) mass is 472 g/mol. The molecule has 2 aromatic carbocycles. The van der Waals surface area contributed by atoms with E-state index in [9.17, 15) is 14.0 Å². The molecule has 5 rings (SSSR count). The van der Waals surface area contributed by atoms with Crippen LogP contribution in [0.5, 0.6) is 0 Å². The first-order chi connectivity index (χ1) is 17.0. The van der Waals surface area contributed by atoms with Gasteiger partial charge in [-0.25, -0.2) is 14.9 Å². The maximum absolute atomic E-state index is 13.5. The van der Waals surface area contributed by atoms with Crippen molar-refractivity contribution in [1.82, 2.24) is 19.9 Å². The largest absolute Gasteiger partial charge is 0.339 e.